The summed E-state index contributed by atoms with van der Waals surface area (Å²) in [7, 11) is 0. The van der Waals surface area contributed by atoms with Crippen LogP contribution in [0, 0.1) is 5.92 Å². The second-order valence-corrected chi connectivity index (χ2v) is 3.48. The molecule has 0 saturated heterocycles. The molecule has 0 bridgehead atoms. The molecule has 0 aromatic carbocycles. The lowest BCUT2D eigenvalue weighted by molar-refractivity contribution is -0.136. The summed E-state index contributed by atoms with van der Waals surface area (Å²) in [6, 6.07) is 0. The van der Waals surface area contributed by atoms with Crippen LogP contribution in [0.5, 0.6) is 0 Å². The Morgan fingerprint density at radius 3 is 2.40 bits per heavy atom. The van der Waals surface area contributed by atoms with E-state index in [4.69, 9.17) is 16.7 Å². The number of carbonyl (C=O) groups is 2. The van der Waals surface area contributed by atoms with Gasteiger partial charge in [-0.3, -0.25) is 14.8 Å². The number of hydrogen-bond acceptors (Lipinski definition) is 4. The molecule has 6 N–H and O–H groups in total. The largest absolute Gasteiger partial charge is 0.370 e. The number of nitrogens with one attached hydrogen (secondary N) is 1. The Labute approximate surface area is 89.0 Å². The normalized spacial score (nSPS) is 12.1. The molecule has 0 aliphatic rings. The van der Waals surface area contributed by atoms with Crippen LogP contribution in [0.1, 0.15) is 32.1 Å². The molecule has 0 aliphatic heterocycles. The Morgan fingerprint density at radius 1 is 1.27 bits per heavy atom. The van der Waals surface area contributed by atoms with Gasteiger partial charge in [0.05, 0.1) is 0 Å². The lowest BCUT2D eigenvalue weighted by Crippen LogP contribution is -2.31. The number of rotatable bonds is 8. The van der Waals surface area contributed by atoms with Gasteiger partial charge in [-0.25, -0.2) is 5.48 Å². The van der Waals surface area contributed by atoms with E-state index in [1.807, 2.05) is 0 Å². The third kappa shape index (κ3) is 6.87. The molecule has 0 fully saturated rings. The van der Waals surface area contributed by atoms with Gasteiger partial charge in [-0.15, -0.1) is 0 Å². The maximum Gasteiger partial charge on any atom is 0.246 e. The number of hydroxylamine groups is 1. The van der Waals surface area contributed by atoms with E-state index in [-0.39, 0.29) is 6.42 Å². The van der Waals surface area contributed by atoms with Crippen LogP contribution >= 0.6 is 0 Å². The molecule has 0 saturated carbocycles. The molecule has 0 radical (unpaired) electrons. The van der Waals surface area contributed by atoms with Crippen LogP contribution in [0.2, 0.25) is 0 Å². The first-order chi connectivity index (χ1) is 7.11. The van der Waals surface area contributed by atoms with Gasteiger partial charge in [0.15, 0.2) is 0 Å². The molecule has 6 nitrogen and oxygen atoms in total. The van der Waals surface area contributed by atoms with E-state index in [1.54, 1.807) is 0 Å². The zero-order chi connectivity index (χ0) is 11.7. The first-order valence-electron chi connectivity index (χ1n) is 5.04. The predicted octanol–water partition coefficient (Wildman–Crippen LogP) is -0.497. The van der Waals surface area contributed by atoms with Crippen molar-refractivity contribution in [2.24, 2.45) is 17.4 Å². The maximum absolute atomic E-state index is 11.1. The van der Waals surface area contributed by atoms with Crippen molar-refractivity contribution in [2.45, 2.75) is 32.1 Å². The molecule has 2 amide bonds. The van der Waals surface area contributed by atoms with Gasteiger partial charge >= 0.3 is 0 Å². The molecule has 15 heavy (non-hydrogen) atoms. The highest BCUT2D eigenvalue weighted by Crippen LogP contribution is 2.13. The molecule has 0 heterocycles. The van der Waals surface area contributed by atoms with Crippen LogP contribution in [0.3, 0.4) is 0 Å². The van der Waals surface area contributed by atoms with Gasteiger partial charge in [0.2, 0.25) is 11.8 Å². The summed E-state index contributed by atoms with van der Waals surface area (Å²) in [5.41, 5.74) is 11.9. The molecule has 0 aromatic heterocycles. The standard InChI is InChI=1S/C9H19N3O3/c10-5-3-1-2-4-7(6-8(11)13)9(14)12-15/h7,15H,1-6,10H2,(H2,11,13)(H,12,14). The fourth-order valence-electron chi connectivity index (χ4n) is 1.37. The molecule has 6 heteroatoms. The lowest BCUT2D eigenvalue weighted by Gasteiger charge is -2.12. The van der Waals surface area contributed by atoms with Crippen molar-refractivity contribution in [3.8, 4) is 0 Å². The Kier molecular flexibility index (Phi) is 7.57. The Hall–Kier alpha value is -1.14. The zero-order valence-corrected chi connectivity index (χ0v) is 8.74. The van der Waals surface area contributed by atoms with Gasteiger partial charge < -0.3 is 11.5 Å². The van der Waals surface area contributed by atoms with Crippen molar-refractivity contribution in [1.29, 1.82) is 0 Å². The van der Waals surface area contributed by atoms with E-state index >= 15 is 0 Å². The zero-order valence-electron chi connectivity index (χ0n) is 8.74. The van der Waals surface area contributed by atoms with Gasteiger partial charge in [0.25, 0.3) is 0 Å². The maximum atomic E-state index is 11.1. The van der Waals surface area contributed by atoms with E-state index in [9.17, 15) is 9.59 Å². The Bertz CT molecular complexity index is 209. The van der Waals surface area contributed by atoms with Crippen molar-refractivity contribution in [2.75, 3.05) is 6.54 Å². The van der Waals surface area contributed by atoms with E-state index < -0.39 is 17.7 Å². The highest BCUT2D eigenvalue weighted by Gasteiger charge is 2.19. The third-order valence-electron chi connectivity index (χ3n) is 2.19. The minimum absolute atomic E-state index is 0.0327. The summed E-state index contributed by atoms with van der Waals surface area (Å²) in [6.45, 7) is 0.618. The molecule has 88 valence electrons. The number of unbranched alkanes of at least 4 members (excludes halogenated alkanes) is 2. The molecule has 1 atom stereocenters. The molecule has 0 spiro atoms. The SMILES string of the molecule is NCCCCCC(CC(N)=O)C(=O)NO. The minimum atomic E-state index is -0.554. The summed E-state index contributed by atoms with van der Waals surface area (Å²) >= 11 is 0. The molecule has 0 aromatic rings. The van der Waals surface area contributed by atoms with Crippen LogP contribution in [0.15, 0.2) is 0 Å². The summed E-state index contributed by atoms with van der Waals surface area (Å²) in [5, 5.41) is 8.45. The fraction of sp³-hybridized carbons (Fsp3) is 0.778. The minimum Gasteiger partial charge on any atom is -0.370 e. The molecule has 1 unspecified atom stereocenters. The highest BCUT2D eigenvalue weighted by molar-refractivity contribution is 5.84. The fourth-order valence-corrected chi connectivity index (χ4v) is 1.37. The lowest BCUT2D eigenvalue weighted by atomic mass is 9.97. The molecule has 0 aliphatic carbocycles. The first-order valence-corrected chi connectivity index (χ1v) is 5.04. The number of hydrogen-bond donors (Lipinski definition) is 4. The Balaban J connectivity index is 3.90. The summed E-state index contributed by atoms with van der Waals surface area (Å²) in [4.78, 5) is 21.8. The molecular weight excluding hydrogens is 198 g/mol. The van der Waals surface area contributed by atoms with E-state index in [0.29, 0.717) is 13.0 Å². The van der Waals surface area contributed by atoms with E-state index in [0.717, 1.165) is 19.3 Å². The van der Waals surface area contributed by atoms with E-state index in [1.165, 1.54) is 5.48 Å². The third-order valence-corrected chi connectivity index (χ3v) is 2.19. The van der Waals surface area contributed by atoms with E-state index in [2.05, 4.69) is 0 Å². The van der Waals surface area contributed by atoms with Crippen molar-refractivity contribution in [3.63, 3.8) is 0 Å². The average Bonchev–Trinajstić information content (AvgIpc) is 2.21. The second kappa shape index (κ2) is 8.19. The Morgan fingerprint density at radius 2 is 1.93 bits per heavy atom. The molecule has 0 rings (SSSR count). The second-order valence-electron chi connectivity index (χ2n) is 3.48. The van der Waals surface area contributed by atoms with Crippen LogP contribution < -0.4 is 16.9 Å². The van der Waals surface area contributed by atoms with Gasteiger partial charge in [0.1, 0.15) is 0 Å². The molecular formula is C9H19N3O3. The van der Waals surface area contributed by atoms with Gasteiger partial charge in [-0.2, -0.15) is 0 Å². The first kappa shape index (κ1) is 13.9. The van der Waals surface area contributed by atoms with Crippen molar-refractivity contribution < 1.29 is 14.8 Å². The van der Waals surface area contributed by atoms with Crippen molar-refractivity contribution >= 4 is 11.8 Å². The summed E-state index contributed by atoms with van der Waals surface area (Å²) in [5.74, 6) is -1.63. The number of primary amides is 1. The van der Waals surface area contributed by atoms with Crippen LogP contribution in [-0.2, 0) is 9.59 Å². The predicted molar refractivity (Wildman–Crippen MR) is 54.8 cm³/mol. The number of carbonyl (C=O) groups excluding carboxylic acids is 2. The van der Waals surface area contributed by atoms with Crippen molar-refractivity contribution in [3.05, 3.63) is 0 Å². The van der Waals surface area contributed by atoms with Gasteiger partial charge in [0, 0.05) is 12.3 Å². The average molecular weight is 217 g/mol. The van der Waals surface area contributed by atoms with Crippen LogP contribution in [0.25, 0.3) is 0 Å². The van der Waals surface area contributed by atoms with Crippen molar-refractivity contribution in [1.82, 2.24) is 5.48 Å². The topological polar surface area (TPSA) is 118 Å². The van der Waals surface area contributed by atoms with Gasteiger partial charge in [-0.1, -0.05) is 12.8 Å². The van der Waals surface area contributed by atoms with Crippen LogP contribution in [-0.4, -0.2) is 23.6 Å². The smallest absolute Gasteiger partial charge is 0.246 e. The quantitative estimate of drug-likeness (QED) is 0.249. The summed E-state index contributed by atoms with van der Waals surface area (Å²) in [6.07, 6.45) is 3.10. The highest BCUT2D eigenvalue weighted by atomic mass is 16.5. The van der Waals surface area contributed by atoms with Crippen LogP contribution in [0.4, 0.5) is 0 Å². The number of nitrogens with two attached hydrogens (primary N) is 2. The number of amides is 2. The monoisotopic (exact) mass is 217 g/mol. The summed E-state index contributed by atoms with van der Waals surface area (Å²) < 4.78 is 0. The van der Waals surface area contributed by atoms with Gasteiger partial charge in [-0.05, 0) is 19.4 Å².